The topological polar surface area (TPSA) is 151 Å². The van der Waals surface area contributed by atoms with Crippen molar-refractivity contribution in [3.05, 3.63) is 18.1 Å². The van der Waals surface area contributed by atoms with Gasteiger partial charge >= 0.3 is 0 Å². The highest BCUT2D eigenvalue weighted by Crippen LogP contribution is 2.43. The molecule has 0 amide bonds. The predicted molar refractivity (Wildman–Crippen MR) is 81.2 cm³/mol. The van der Waals surface area contributed by atoms with E-state index in [0.717, 1.165) is 0 Å². The number of hydrogen-bond acceptors (Lipinski definition) is 9. The molecule has 1 fully saturated rings. The third-order valence-electron chi connectivity index (χ3n) is 4.11. The Bertz CT molecular complexity index is 779. The molecule has 130 valence electrons. The minimum atomic E-state index is -2.19. The Balaban J connectivity index is 2.20. The summed E-state index contributed by atoms with van der Waals surface area (Å²) in [6.45, 7) is 0.638. The van der Waals surface area contributed by atoms with Crippen LogP contribution in [0.3, 0.4) is 0 Å². The van der Waals surface area contributed by atoms with Crippen molar-refractivity contribution in [1.82, 2.24) is 14.5 Å². The zero-order valence-electron chi connectivity index (χ0n) is 12.7. The number of fused-ring (bicyclic) bond motifs is 1. The first kappa shape index (κ1) is 16.5. The van der Waals surface area contributed by atoms with E-state index >= 15 is 4.39 Å². The molecule has 24 heavy (non-hydrogen) atoms. The van der Waals surface area contributed by atoms with Gasteiger partial charge in [-0.2, -0.15) is 5.10 Å². The number of halogens is 1. The van der Waals surface area contributed by atoms with E-state index in [4.69, 9.17) is 10.6 Å². The minimum Gasteiger partial charge on any atom is -0.394 e. The molecule has 0 bridgehead atoms. The Kier molecular flexibility index (Phi) is 4.09. The van der Waals surface area contributed by atoms with E-state index in [0.29, 0.717) is 10.9 Å². The van der Waals surface area contributed by atoms with Crippen LogP contribution in [-0.2, 0) is 4.74 Å². The van der Waals surface area contributed by atoms with Gasteiger partial charge in [0.25, 0.3) is 0 Å². The molecular formula is C13H17FN6O4. The highest BCUT2D eigenvalue weighted by Gasteiger charge is 2.55. The number of nitrogens with one attached hydrogen (secondary N) is 1. The molecule has 2 aromatic heterocycles. The van der Waals surface area contributed by atoms with Crippen LogP contribution in [0.4, 0.5) is 10.2 Å². The number of alkyl halides is 1. The molecule has 3 heterocycles. The molecule has 6 N–H and O–H groups in total. The summed E-state index contributed by atoms with van der Waals surface area (Å²) >= 11 is 0. The number of nitrogens with two attached hydrogens (primary N) is 1. The first-order valence-corrected chi connectivity index (χ1v) is 7.07. The SMILES string of the molecule is C[C@@]1(F)[C@H](O)[C@@H](CO)O[C@H]1n1cc(/C=N/N)c2c(NO)ncnc21. The van der Waals surface area contributed by atoms with Crippen molar-refractivity contribution in [3.8, 4) is 0 Å². The average molecular weight is 340 g/mol. The number of aliphatic hydroxyl groups excluding tert-OH is 2. The van der Waals surface area contributed by atoms with Crippen LogP contribution in [0.2, 0.25) is 0 Å². The molecule has 0 radical (unpaired) electrons. The van der Waals surface area contributed by atoms with Crippen molar-refractivity contribution >= 4 is 23.1 Å². The van der Waals surface area contributed by atoms with Gasteiger partial charge in [-0.05, 0) is 6.92 Å². The Morgan fingerprint density at radius 2 is 2.33 bits per heavy atom. The van der Waals surface area contributed by atoms with Crippen molar-refractivity contribution in [3.63, 3.8) is 0 Å². The van der Waals surface area contributed by atoms with Gasteiger partial charge in [0, 0.05) is 11.8 Å². The van der Waals surface area contributed by atoms with E-state index in [2.05, 4.69) is 15.1 Å². The van der Waals surface area contributed by atoms with Crippen molar-refractivity contribution in [2.75, 3.05) is 12.1 Å². The number of hydrazone groups is 1. The summed E-state index contributed by atoms with van der Waals surface area (Å²) in [7, 11) is 0. The second-order valence-corrected chi connectivity index (χ2v) is 5.61. The smallest absolute Gasteiger partial charge is 0.181 e. The third-order valence-corrected chi connectivity index (χ3v) is 4.11. The van der Waals surface area contributed by atoms with E-state index in [-0.39, 0.29) is 11.5 Å². The van der Waals surface area contributed by atoms with Gasteiger partial charge in [-0.1, -0.05) is 0 Å². The highest BCUT2D eigenvalue weighted by molar-refractivity contribution is 6.03. The number of nitrogens with zero attached hydrogens (tertiary/aromatic N) is 4. The molecule has 2 aromatic rings. The lowest BCUT2D eigenvalue weighted by Gasteiger charge is -2.25. The number of hydrogen-bond donors (Lipinski definition) is 5. The van der Waals surface area contributed by atoms with E-state index < -0.39 is 30.7 Å². The second kappa shape index (κ2) is 5.94. The molecule has 0 aromatic carbocycles. The zero-order valence-corrected chi connectivity index (χ0v) is 12.7. The van der Waals surface area contributed by atoms with Crippen LogP contribution in [0, 0.1) is 0 Å². The Hall–Kier alpha value is -2.34. The van der Waals surface area contributed by atoms with Crippen LogP contribution >= 0.6 is 0 Å². The molecule has 4 atom stereocenters. The molecule has 0 aliphatic carbocycles. The van der Waals surface area contributed by atoms with Gasteiger partial charge in [0.1, 0.15) is 24.2 Å². The summed E-state index contributed by atoms with van der Waals surface area (Å²) < 4.78 is 21.8. The van der Waals surface area contributed by atoms with E-state index in [1.807, 2.05) is 5.48 Å². The van der Waals surface area contributed by atoms with Crippen LogP contribution in [-0.4, -0.2) is 60.7 Å². The number of aliphatic hydroxyl groups is 2. The Morgan fingerprint density at radius 1 is 1.58 bits per heavy atom. The minimum absolute atomic E-state index is 0.0754. The number of anilines is 1. The molecule has 11 heteroatoms. The maximum absolute atomic E-state index is 15.0. The summed E-state index contributed by atoms with van der Waals surface area (Å²) in [5, 5.41) is 32.3. The van der Waals surface area contributed by atoms with Gasteiger partial charge in [0.15, 0.2) is 17.7 Å². The highest BCUT2D eigenvalue weighted by atomic mass is 19.1. The maximum Gasteiger partial charge on any atom is 0.181 e. The Morgan fingerprint density at radius 3 is 2.92 bits per heavy atom. The van der Waals surface area contributed by atoms with Crippen molar-refractivity contribution in [2.24, 2.45) is 10.9 Å². The van der Waals surface area contributed by atoms with Crippen molar-refractivity contribution in [2.45, 2.75) is 31.0 Å². The maximum atomic E-state index is 15.0. The van der Waals surface area contributed by atoms with Crippen LogP contribution in [0.25, 0.3) is 11.0 Å². The molecular weight excluding hydrogens is 323 g/mol. The third kappa shape index (κ3) is 2.29. The fraction of sp³-hybridized carbons (Fsp3) is 0.462. The summed E-state index contributed by atoms with van der Waals surface area (Å²) in [6, 6.07) is 0. The lowest BCUT2D eigenvalue weighted by atomic mass is 9.98. The quantitative estimate of drug-likeness (QED) is 0.284. The fourth-order valence-corrected chi connectivity index (χ4v) is 2.92. The van der Waals surface area contributed by atoms with Gasteiger partial charge in [0.2, 0.25) is 0 Å². The van der Waals surface area contributed by atoms with Crippen molar-refractivity contribution < 1.29 is 24.5 Å². The van der Waals surface area contributed by atoms with Gasteiger partial charge in [0.05, 0.1) is 18.2 Å². The molecule has 1 aliphatic rings. The zero-order chi connectivity index (χ0) is 17.5. The van der Waals surface area contributed by atoms with Crippen molar-refractivity contribution in [1.29, 1.82) is 0 Å². The van der Waals surface area contributed by atoms with E-state index in [1.54, 1.807) is 0 Å². The van der Waals surface area contributed by atoms with E-state index in [1.165, 1.54) is 30.2 Å². The first-order chi connectivity index (χ1) is 11.5. The molecule has 1 saturated heterocycles. The lowest BCUT2D eigenvalue weighted by Crippen LogP contribution is -2.40. The molecule has 10 nitrogen and oxygen atoms in total. The average Bonchev–Trinajstić information content (AvgIpc) is 3.04. The second-order valence-electron chi connectivity index (χ2n) is 5.61. The predicted octanol–water partition coefficient (Wildman–Crippen LogP) is -0.496. The summed E-state index contributed by atoms with van der Waals surface area (Å²) in [5.74, 6) is 5.26. The lowest BCUT2D eigenvalue weighted by molar-refractivity contribution is -0.0564. The molecule has 0 unspecified atom stereocenters. The number of ether oxygens (including phenoxy) is 1. The normalized spacial score (nSPS) is 30.5. The molecule has 0 saturated carbocycles. The Labute approximate surface area is 135 Å². The summed E-state index contributed by atoms with van der Waals surface area (Å²) in [4.78, 5) is 7.96. The largest absolute Gasteiger partial charge is 0.394 e. The van der Waals surface area contributed by atoms with Crippen LogP contribution in [0.5, 0.6) is 0 Å². The fourth-order valence-electron chi connectivity index (χ4n) is 2.92. The van der Waals surface area contributed by atoms with Crippen LogP contribution < -0.4 is 11.3 Å². The molecule has 0 spiro atoms. The number of aromatic nitrogens is 3. The monoisotopic (exact) mass is 340 g/mol. The van der Waals surface area contributed by atoms with Crippen LogP contribution in [0.1, 0.15) is 18.7 Å². The number of rotatable bonds is 4. The van der Waals surface area contributed by atoms with Gasteiger partial charge in [-0.15, -0.1) is 0 Å². The molecule has 3 rings (SSSR count). The van der Waals surface area contributed by atoms with Gasteiger partial charge < -0.3 is 25.4 Å². The standard InChI is InChI=1S/C13H17FN6O4/c1-13(14)9(22)7(4-21)24-12(13)20-3-6(2-18-15)8-10(19-23)16-5-17-11(8)20/h2-3,5,7,9,12,21-23H,4,15H2,1H3,(H,16,17,19)/b18-2+/t7-,9-,12-,13-/m1/s1. The molecule has 1 aliphatic heterocycles. The summed E-state index contributed by atoms with van der Waals surface area (Å²) in [6.07, 6.45) is 0.0679. The van der Waals surface area contributed by atoms with E-state index in [9.17, 15) is 15.4 Å². The summed E-state index contributed by atoms with van der Waals surface area (Å²) in [5.41, 5.74) is 0.386. The first-order valence-electron chi connectivity index (χ1n) is 7.07. The van der Waals surface area contributed by atoms with Gasteiger partial charge in [-0.3, -0.25) is 10.7 Å². The van der Waals surface area contributed by atoms with Crippen LogP contribution in [0.15, 0.2) is 17.6 Å². The van der Waals surface area contributed by atoms with Gasteiger partial charge in [-0.25, -0.2) is 14.4 Å².